The van der Waals surface area contributed by atoms with Crippen LogP contribution in [0.3, 0.4) is 0 Å². The van der Waals surface area contributed by atoms with E-state index < -0.39 is 19.2 Å². The van der Waals surface area contributed by atoms with Gasteiger partial charge in [-0.05, 0) is 12.1 Å². The summed E-state index contributed by atoms with van der Waals surface area (Å²) >= 11 is 5.82. The van der Waals surface area contributed by atoms with E-state index in [1.807, 2.05) is 0 Å². The van der Waals surface area contributed by atoms with Crippen LogP contribution < -0.4 is 0 Å². The summed E-state index contributed by atoms with van der Waals surface area (Å²) in [6, 6.07) is 3.24. The zero-order valence-corrected chi connectivity index (χ0v) is 11.1. The minimum Gasteiger partial charge on any atom is -0.481 e. The normalized spacial score (nSPS) is 13.6. The third kappa shape index (κ3) is 2.96. The molecule has 2 aromatic heterocycles. The van der Waals surface area contributed by atoms with E-state index in [9.17, 15) is 9.36 Å². The highest BCUT2D eigenvalue weighted by atomic mass is 35.5. The first kappa shape index (κ1) is 14.0. The number of fused-ring (bicyclic) bond motifs is 1. The van der Waals surface area contributed by atoms with E-state index >= 15 is 0 Å². The molecule has 0 aliphatic rings. The molecule has 0 radical (unpaired) electrons. The Morgan fingerprint density at radius 3 is 2.74 bits per heavy atom. The number of pyridine rings is 1. The molecule has 19 heavy (non-hydrogen) atoms. The van der Waals surface area contributed by atoms with Crippen LogP contribution in [0.2, 0.25) is 5.02 Å². The van der Waals surface area contributed by atoms with Crippen LogP contribution >= 0.6 is 19.2 Å². The average Bonchev–Trinajstić information content (AvgIpc) is 2.66. The highest BCUT2D eigenvalue weighted by Crippen LogP contribution is 2.42. The lowest BCUT2D eigenvalue weighted by molar-refractivity contribution is -0.136. The third-order valence-corrected chi connectivity index (χ3v) is 4.08. The maximum Gasteiger partial charge on any atom is 0.340 e. The Kier molecular flexibility index (Phi) is 3.64. The first-order valence-corrected chi connectivity index (χ1v) is 7.24. The Hall–Kier alpha value is -1.40. The fraction of sp³-hybridized carbons (Fsp3) is 0.200. The van der Waals surface area contributed by atoms with Crippen molar-refractivity contribution in [2.75, 3.05) is 0 Å². The van der Waals surface area contributed by atoms with Gasteiger partial charge in [-0.15, -0.1) is 0 Å². The summed E-state index contributed by atoms with van der Waals surface area (Å²) in [6.07, 6.45) is 2.55. The van der Waals surface area contributed by atoms with Gasteiger partial charge in [-0.1, -0.05) is 11.6 Å². The van der Waals surface area contributed by atoms with Crippen LogP contribution in [0.25, 0.3) is 5.65 Å². The number of aromatic nitrogens is 2. The number of carboxylic acid groups (broad SMARTS) is 1. The van der Waals surface area contributed by atoms with Gasteiger partial charge in [-0.25, -0.2) is 4.98 Å². The number of halogens is 1. The Bertz CT molecular complexity index is 680. The topological polar surface area (TPSA) is 112 Å². The Morgan fingerprint density at radius 1 is 1.47 bits per heavy atom. The molecular weight excluding hydrogens is 295 g/mol. The minimum atomic E-state index is -4.74. The Labute approximate surface area is 112 Å². The molecule has 0 aliphatic carbocycles. The predicted molar refractivity (Wildman–Crippen MR) is 67.4 cm³/mol. The summed E-state index contributed by atoms with van der Waals surface area (Å²) < 4.78 is 12.7. The van der Waals surface area contributed by atoms with Crippen molar-refractivity contribution in [3.63, 3.8) is 0 Å². The molecule has 3 N–H and O–H groups in total. The molecular formula is C10H10ClN2O5P. The van der Waals surface area contributed by atoms with Crippen LogP contribution in [0.5, 0.6) is 0 Å². The molecule has 0 fully saturated rings. The Balaban J connectivity index is 2.42. The molecule has 0 aromatic carbocycles. The van der Waals surface area contributed by atoms with Crippen LogP contribution in [-0.2, 0) is 15.8 Å². The lowest BCUT2D eigenvalue weighted by Gasteiger charge is -2.13. The lowest BCUT2D eigenvalue weighted by Crippen LogP contribution is -2.23. The zero-order valence-electron chi connectivity index (χ0n) is 9.47. The lowest BCUT2D eigenvalue weighted by atomic mass is 10.2. The average molecular weight is 305 g/mol. The second-order valence-corrected chi connectivity index (χ2v) is 6.21. The molecule has 0 amide bonds. The summed E-state index contributed by atoms with van der Waals surface area (Å²) in [5.74, 6) is -1.55. The van der Waals surface area contributed by atoms with Crippen molar-refractivity contribution in [1.82, 2.24) is 9.38 Å². The van der Waals surface area contributed by atoms with Gasteiger partial charge in [0.2, 0.25) is 0 Å². The summed E-state index contributed by atoms with van der Waals surface area (Å²) in [4.78, 5) is 33.0. The fourth-order valence-electron chi connectivity index (χ4n) is 1.70. The summed E-state index contributed by atoms with van der Waals surface area (Å²) in [6.45, 7) is 0. The van der Waals surface area contributed by atoms with Crippen molar-refractivity contribution >= 4 is 30.8 Å². The van der Waals surface area contributed by atoms with Gasteiger partial charge in [0.1, 0.15) is 5.65 Å². The number of aliphatic carboxylic acids is 1. The SMILES string of the molecule is O=C(O)C(Cc1cnc2ccc(Cl)cn12)P(=O)(O)O. The van der Waals surface area contributed by atoms with Crippen molar-refractivity contribution in [3.05, 3.63) is 35.2 Å². The van der Waals surface area contributed by atoms with E-state index in [0.717, 1.165) is 0 Å². The second kappa shape index (κ2) is 4.94. The van der Waals surface area contributed by atoms with Crippen molar-refractivity contribution in [2.45, 2.75) is 12.1 Å². The molecule has 0 spiro atoms. The van der Waals surface area contributed by atoms with Crippen molar-refractivity contribution in [1.29, 1.82) is 0 Å². The third-order valence-electron chi connectivity index (χ3n) is 2.64. The van der Waals surface area contributed by atoms with Gasteiger partial charge in [0, 0.05) is 24.5 Å². The van der Waals surface area contributed by atoms with E-state index in [1.54, 1.807) is 12.1 Å². The standard InChI is InChI=1S/C10H10ClN2O5P/c11-6-1-2-9-12-4-7(13(9)5-6)3-8(10(14)15)19(16,17)18/h1-2,4-5,8H,3H2,(H,14,15)(H2,16,17,18). The van der Waals surface area contributed by atoms with Gasteiger partial charge in [0.15, 0.2) is 5.66 Å². The summed E-state index contributed by atoms with van der Waals surface area (Å²) in [7, 11) is -4.74. The van der Waals surface area contributed by atoms with Gasteiger partial charge in [0.25, 0.3) is 0 Å². The molecule has 0 saturated carbocycles. The second-order valence-electron chi connectivity index (χ2n) is 3.97. The van der Waals surface area contributed by atoms with E-state index in [4.69, 9.17) is 26.5 Å². The molecule has 1 unspecified atom stereocenters. The zero-order chi connectivity index (χ0) is 14.2. The van der Waals surface area contributed by atoms with E-state index in [0.29, 0.717) is 16.4 Å². The number of hydrogen-bond acceptors (Lipinski definition) is 3. The largest absolute Gasteiger partial charge is 0.481 e. The smallest absolute Gasteiger partial charge is 0.340 e. The van der Waals surface area contributed by atoms with Gasteiger partial charge >= 0.3 is 13.6 Å². The number of imidazole rings is 1. The van der Waals surface area contributed by atoms with Crippen molar-refractivity contribution in [2.24, 2.45) is 0 Å². The molecule has 9 heteroatoms. The van der Waals surface area contributed by atoms with Crippen molar-refractivity contribution < 1.29 is 24.3 Å². The van der Waals surface area contributed by atoms with E-state index in [1.165, 1.54) is 16.8 Å². The molecule has 0 aliphatic heterocycles. The van der Waals surface area contributed by atoms with Gasteiger partial charge in [-0.3, -0.25) is 9.36 Å². The molecule has 2 aromatic rings. The maximum absolute atomic E-state index is 11.2. The van der Waals surface area contributed by atoms with Crippen LogP contribution in [0.1, 0.15) is 5.69 Å². The van der Waals surface area contributed by atoms with Gasteiger partial charge in [-0.2, -0.15) is 0 Å². The molecule has 1 atom stereocenters. The molecule has 2 heterocycles. The molecule has 0 saturated heterocycles. The number of rotatable bonds is 4. The highest BCUT2D eigenvalue weighted by Gasteiger charge is 2.36. The maximum atomic E-state index is 11.2. The molecule has 102 valence electrons. The summed E-state index contributed by atoms with van der Waals surface area (Å²) in [5.41, 5.74) is -0.908. The predicted octanol–water partition coefficient (Wildman–Crippen LogP) is 1.16. The molecule has 7 nitrogen and oxygen atoms in total. The van der Waals surface area contributed by atoms with Crippen LogP contribution in [0.4, 0.5) is 0 Å². The molecule has 0 bridgehead atoms. The summed E-state index contributed by atoms with van der Waals surface area (Å²) in [5, 5.41) is 9.30. The fourth-order valence-corrected chi connectivity index (χ4v) is 2.58. The first-order chi connectivity index (χ1) is 8.79. The van der Waals surface area contributed by atoms with E-state index in [-0.39, 0.29) is 6.42 Å². The van der Waals surface area contributed by atoms with Crippen LogP contribution in [-0.4, -0.2) is 35.9 Å². The number of carboxylic acids is 1. The number of carbonyl (C=O) groups is 1. The van der Waals surface area contributed by atoms with Crippen molar-refractivity contribution in [3.8, 4) is 0 Å². The first-order valence-electron chi connectivity index (χ1n) is 5.18. The number of nitrogens with zero attached hydrogens (tertiary/aromatic N) is 2. The van der Waals surface area contributed by atoms with Crippen LogP contribution in [0, 0.1) is 0 Å². The number of hydrogen-bond donors (Lipinski definition) is 3. The monoisotopic (exact) mass is 304 g/mol. The molecule has 2 rings (SSSR count). The van der Waals surface area contributed by atoms with Gasteiger partial charge in [0.05, 0.1) is 5.02 Å². The quantitative estimate of drug-likeness (QED) is 0.731. The van der Waals surface area contributed by atoms with E-state index in [2.05, 4.69) is 4.98 Å². The van der Waals surface area contributed by atoms with Gasteiger partial charge < -0.3 is 19.3 Å². The minimum absolute atomic E-state index is 0.332. The van der Waals surface area contributed by atoms with Crippen LogP contribution in [0.15, 0.2) is 24.5 Å². The highest BCUT2D eigenvalue weighted by molar-refractivity contribution is 7.53. The Morgan fingerprint density at radius 2 is 2.16 bits per heavy atom.